The smallest absolute Gasteiger partial charge is 0.0938 e. The van der Waals surface area contributed by atoms with Gasteiger partial charge >= 0.3 is 0 Å². The Morgan fingerprint density at radius 2 is 0.783 bits per heavy atom. The van der Waals surface area contributed by atoms with Gasteiger partial charge in [-0.15, -0.1) is 0 Å². The first-order valence-corrected chi connectivity index (χ1v) is 20.8. The molecule has 0 amide bonds. The van der Waals surface area contributed by atoms with Crippen LogP contribution >= 0.6 is 0 Å². The Bertz CT molecular complexity index is 602. The van der Waals surface area contributed by atoms with E-state index in [0.29, 0.717) is 13.2 Å². The van der Waals surface area contributed by atoms with Gasteiger partial charge in [-0.05, 0) is 59.0 Å². The van der Waals surface area contributed by atoms with Crippen molar-refractivity contribution in [2.45, 2.75) is 213 Å². The monoisotopic (exact) mass is 648 g/mol. The van der Waals surface area contributed by atoms with E-state index in [2.05, 4.69) is 57.1 Å². The van der Waals surface area contributed by atoms with E-state index in [1.54, 1.807) is 0 Å². The van der Waals surface area contributed by atoms with Gasteiger partial charge in [-0.25, -0.2) is 0 Å². The van der Waals surface area contributed by atoms with E-state index < -0.39 is 0 Å². The predicted octanol–water partition coefficient (Wildman–Crippen LogP) is 13.8. The van der Waals surface area contributed by atoms with Gasteiger partial charge in [0.05, 0.1) is 19.3 Å². The number of allylic oxidation sites excluding steroid dienone is 3. The van der Waals surface area contributed by atoms with Gasteiger partial charge in [0.2, 0.25) is 0 Å². The lowest BCUT2D eigenvalue weighted by atomic mass is 10.0. The average Bonchev–Trinajstić information content (AvgIpc) is 3.04. The van der Waals surface area contributed by atoms with Crippen LogP contribution in [0.3, 0.4) is 0 Å². The van der Waals surface area contributed by atoms with Crippen molar-refractivity contribution in [1.82, 2.24) is 4.90 Å². The average molecular weight is 648 g/mol. The van der Waals surface area contributed by atoms with Gasteiger partial charge in [-0.2, -0.15) is 0 Å². The Morgan fingerprint density at radius 3 is 1.17 bits per heavy atom. The first-order chi connectivity index (χ1) is 22.7. The summed E-state index contributed by atoms with van der Waals surface area (Å²) in [7, 11) is 4.24. The zero-order chi connectivity index (χ0) is 33.4. The van der Waals surface area contributed by atoms with Gasteiger partial charge in [-0.3, -0.25) is 0 Å². The van der Waals surface area contributed by atoms with Crippen LogP contribution in [0.25, 0.3) is 0 Å². The fourth-order valence-electron chi connectivity index (χ4n) is 6.24. The highest BCUT2D eigenvalue weighted by molar-refractivity contribution is 4.83. The van der Waals surface area contributed by atoms with Crippen LogP contribution in [0.5, 0.6) is 0 Å². The summed E-state index contributed by atoms with van der Waals surface area (Å²) in [5.74, 6) is 0. The van der Waals surface area contributed by atoms with E-state index >= 15 is 0 Å². The van der Waals surface area contributed by atoms with E-state index in [-0.39, 0.29) is 6.10 Å². The van der Waals surface area contributed by atoms with Gasteiger partial charge < -0.3 is 14.4 Å². The molecule has 0 heterocycles. The zero-order valence-corrected chi connectivity index (χ0v) is 32.2. The molecule has 0 aliphatic rings. The van der Waals surface area contributed by atoms with Gasteiger partial charge in [0.15, 0.2) is 0 Å². The van der Waals surface area contributed by atoms with Crippen molar-refractivity contribution in [3.05, 3.63) is 24.3 Å². The van der Waals surface area contributed by atoms with Crippen LogP contribution < -0.4 is 0 Å². The molecule has 46 heavy (non-hydrogen) atoms. The number of likely N-dealkylation sites (N-methyl/N-ethyl adjacent to an activating group) is 1. The van der Waals surface area contributed by atoms with Crippen molar-refractivity contribution in [2.24, 2.45) is 0 Å². The molecule has 0 saturated carbocycles. The summed E-state index contributed by atoms with van der Waals surface area (Å²) in [6, 6.07) is 0. The molecular formula is C43H85NO2. The highest BCUT2D eigenvalue weighted by Gasteiger charge is 2.10. The lowest BCUT2D eigenvalue weighted by Crippen LogP contribution is -2.32. The van der Waals surface area contributed by atoms with Crippen molar-refractivity contribution in [3.63, 3.8) is 0 Å². The van der Waals surface area contributed by atoms with Crippen LogP contribution in [-0.4, -0.2) is 51.5 Å². The van der Waals surface area contributed by atoms with Gasteiger partial charge in [-0.1, -0.05) is 186 Å². The molecule has 0 aromatic carbocycles. The standard InChI is InChI=1S/C43H85NO2/c1-5-7-9-11-13-15-17-19-21-23-24-26-28-30-32-34-36-38-40-46-43(41-44(3)4)42-45-39-37-35-33-31-29-27-25-22-20-18-16-14-12-10-8-6-2/h21,23,36,38,43H,5-20,22,24-35,37,39-42H2,1-4H3. The molecule has 0 aliphatic carbocycles. The van der Waals surface area contributed by atoms with Crippen LogP contribution in [0.1, 0.15) is 206 Å². The molecule has 0 bridgehead atoms. The van der Waals surface area contributed by atoms with Crippen LogP contribution in [0, 0.1) is 0 Å². The second-order valence-corrected chi connectivity index (χ2v) is 14.4. The lowest BCUT2D eigenvalue weighted by Gasteiger charge is -2.21. The van der Waals surface area contributed by atoms with Crippen LogP contribution in [-0.2, 0) is 9.47 Å². The summed E-state index contributed by atoms with van der Waals surface area (Å²) >= 11 is 0. The van der Waals surface area contributed by atoms with E-state index in [9.17, 15) is 0 Å². The van der Waals surface area contributed by atoms with Crippen molar-refractivity contribution < 1.29 is 9.47 Å². The lowest BCUT2D eigenvalue weighted by molar-refractivity contribution is -0.0174. The summed E-state index contributed by atoms with van der Waals surface area (Å²) in [5.41, 5.74) is 0. The fraction of sp³-hybridized carbons (Fsp3) is 0.907. The molecule has 3 nitrogen and oxygen atoms in total. The van der Waals surface area contributed by atoms with E-state index in [1.165, 1.54) is 193 Å². The zero-order valence-electron chi connectivity index (χ0n) is 32.2. The number of hydrogen-bond donors (Lipinski definition) is 0. The van der Waals surface area contributed by atoms with Crippen molar-refractivity contribution in [2.75, 3.05) is 40.5 Å². The van der Waals surface area contributed by atoms with Gasteiger partial charge in [0.25, 0.3) is 0 Å². The van der Waals surface area contributed by atoms with Crippen LogP contribution in [0.2, 0.25) is 0 Å². The SMILES string of the molecule is CCCCCCCCCC=CCCCCCCC=CCOC(COCCCCCCCCCCCCCCCCCC)CN(C)C. The Morgan fingerprint density at radius 1 is 0.435 bits per heavy atom. The summed E-state index contributed by atoms with van der Waals surface area (Å²) < 4.78 is 12.2. The first-order valence-electron chi connectivity index (χ1n) is 20.8. The number of ether oxygens (including phenoxy) is 2. The molecule has 0 aromatic heterocycles. The number of hydrogen-bond acceptors (Lipinski definition) is 3. The normalized spacial score (nSPS) is 12.8. The molecule has 0 radical (unpaired) electrons. The van der Waals surface area contributed by atoms with Crippen LogP contribution in [0.15, 0.2) is 24.3 Å². The molecule has 274 valence electrons. The maximum Gasteiger partial charge on any atom is 0.0938 e. The second kappa shape index (κ2) is 40.5. The number of rotatable bonds is 39. The van der Waals surface area contributed by atoms with Gasteiger partial charge in [0, 0.05) is 13.2 Å². The summed E-state index contributed by atoms with van der Waals surface area (Å²) in [6.07, 6.45) is 50.9. The van der Waals surface area contributed by atoms with Gasteiger partial charge in [0.1, 0.15) is 0 Å². The van der Waals surface area contributed by atoms with E-state index in [4.69, 9.17) is 9.47 Å². The molecule has 0 aliphatic heterocycles. The quantitative estimate of drug-likeness (QED) is 0.0489. The molecule has 0 saturated heterocycles. The molecule has 1 atom stereocenters. The third-order valence-corrected chi connectivity index (χ3v) is 9.24. The summed E-state index contributed by atoms with van der Waals surface area (Å²) in [5, 5.41) is 0. The predicted molar refractivity (Wildman–Crippen MR) is 207 cm³/mol. The van der Waals surface area contributed by atoms with Crippen molar-refractivity contribution >= 4 is 0 Å². The molecule has 1 unspecified atom stereocenters. The Labute approximate surface area is 291 Å². The van der Waals surface area contributed by atoms with Crippen molar-refractivity contribution in [1.29, 1.82) is 0 Å². The molecule has 0 fully saturated rings. The van der Waals surface area contributed by atoms with E-state index in [1.807, 2.05) is 0 Å². The third-order valence-electron chi connectivity index (χ3n) is 9.24. The molecule has 0 N–H and O–H groups in total. The number of unbranched alkanes of at least 4 members (excludes halogenated alkanes) is 27. The molecule has 0 spiro atoms. The minimum atomic E-state index is 0.152. The molecule has 3 heteroatoms. The molecular weight excluding hydrogens is 562 g/mol. The summed E-state index contributed by atoms with van der Waals surface area (Å²) in [6.45, 7) is 7.79. The maximum atomic E-state index is 6.15. The minimum Gasteiger partial charge on any atom is -0.379 e. The molecule has 0 aromatic rings. The second-order valence-electron chi connectivity index (χ2n) is 14.4. The highest BCUT2D eigenvalue weighted by atomic mass is 16.5. The Kier molecular flexibility index (Phi) is 40.0. The topological polar surface area (TPSA) is 21.7 Å². The maximum absolute atomic E-state index is 6.15. The third kappa shape index (κ3) is 39.5. The Balaban J connectivity index is 3.54. The largest absolute Gasteiger partial charge is 0.379 e. The minimum absolute atomic E-state index is 0.152. The van der Waals surface area contributed by atoms with Crippen molar-refractivity contribution in [3.8, 4) is 0 Å². The van der Waals surface area contributed by atoms with E-state index in [0.717, 1.165) is 13.2 Å². The Hall–Kier alpha value is -0.640. The number of nitrogens with zero attached hydrogens (tertiary/aromatic N) is 1. The summed E-state index contributed by atoms with van der Waals surface area (Å²) in [4.78, 5) is 2.21. The van der Waals surface area contributed by atoms with Crippen LogP contribution in [0.4, 0.5) is 0 Å². The fourth-order valence-corrected chi connectivity index (χ4v) is 6.24. The molecule has 0 rings (SSSR count). The first kappa shape index (κ1) is 45.4. The highest BCUT2D eigenvalue weighted by Crippen LogP contribution is 2.14.